The fourth-order valence-corrected chi connectivity index (χ4v) is 7.46. The van der Waals surface area contributed by atoms with Crippen LogP contribution in [0.25, 0.3) is 11.0 Å². The molecule has 240 valence electrons. The Morgan fingerprint density at radius 1 is 1.06 bits per heavy atom. The molecule has 1 unspecified atom stereocenters. The molecule has 2 aliphatic rings. The van der Waals surface area contributed by atoms with Gasteiger partial charge in [0.25, 0.3) is 11.8 Å². The minimum Gasteiger partial charge on any atom is -0.508 e. The number of thioether (sulfide) groups is 2. The Balaban J connectivity index is 1.23. The fraction of sp³-hybridized carbons (Fsp3) is 0.161. The standard InChI is InChI=1S/C31H24N4O10S2/c36-16-6-4-14(5-7-16)23(33-27(40)18-11-45-21-10-20(38)19(37)9-17(21)26(18)39)28(41)34-24-29(42)35-25(31(43)44)15(13-47-30(24)35)12-46-22-3-1-2-8-32-22/h1-11,23-24,30,36-38H,12-13H2,(H,33,40)(H,34,41)(H,43,44)/t23?,24-,30+/m1/s1. The zero-order valence-corrected chi connectivity index (χ0v) is 25.6. The van der Waals surface area contributed by atoms with Crippen LogP contribution in [-0.4, -0.2) is 76.9 Å². The number of β-lactam (4-membered cyclic amide) rings is 1. The lowest BCUT2D eigenvalue weighted by Gasteiger charge is -2.49. The summed E-state index contributed by atoms with van der Waals surface area (Å²) in [6.45, 7) is 0. The number of carbonyl (C=O) groups is 4. The van der Waals surface area contributed by atoms with Crippen molar-refractivity contribution in [2.45, 2.75) is 22.5 Å². The van der Waals surface area contributed by atoms with Crippen molar-refractivity contribution < 1.29 is 44.0 Å². The number of carboxylic acid groups (broad SMARTS) is 1. The van der Waals surface area contributed by atoms with Crippen LogP contribution in [-0.2, 0) is 14.4 Å². The number of aromatic nitrogens is 1. The van der Waals surface area contributed by atoms with E-state index in [9.17, 15) is 44.4 Å². The lowest BCUT2D eigenvalue weighted by molar-refractivity contribution is -0.151. The van der Waals surface area contributed by atoms with Crippen LogP contribution < -0.4 is 16.1 Å². The molecular weight excluding hydrogens is 652 g/mol. The van der Waals surface area contributed by atoms with Gasteiger partial charge in [-0.3, -0.25) is 24.1 Å². The van der Waals surface area contributed by atoms with Crippen molar-refractivity contribution in [3.8, 4) is 17.2 Å². The highest BCUT2D eigenvalue weighted by molar-refractivity contribution is 8.01. The highest BCUT2D eigenvalue weighted by atomic mass is 32.2. The minimum atomic E-state index is -1.47. The predicted molar refractivity (Wildman–Crippen MR) is 169 cm³/mol. The molecule has 1 saturated heterocycles. The molecule has 3 atom stereocenters. The molecule has 3 amide bonds. The molecule has 0 spiro atoms. The summed E-state index contributed by atoms with van der Waals surface area (Å²) in [5, 5.41) is 44.1. The van der Waals surface area contributed by atoms with E-state index >= 15 is 0 Å². The Kier molecular flexibility index (Phi) is 8.53. The molecule has 16 heteroatoms. The summed E-state index contributed by atoms with van der Waals surface area (Å²) < 4.78 is 5.31. The van der Waals surface area contributed by atoms with Crippen LogP contribution in [0.15, 0.2) is 92.6 Å². The third-order valence-corrected chi connectivity index (χ3v) is 9.83. The van der Waals surface area contributed by atoms with Gasteiger partial charge in [-0.15, -0.1) is 23.5 Å². The largest absolute Gasteiger partial charge is 0.508 e. The van der Waals surface area contributed by atoms with E-state index in [2.05, 4.69) is 15.6 Å². The van der Waals surface area contributed by atoms with Crippen molar-refractivity contribution in [1.82, 2.24) is 20.5 Å². The molecule has 2 aliphatic heterocycles. The second-order valence-electron chi connectivity index (χ2n) is 10.4. The molecule has 1 fully saturated rings. The number of phenolic OH excluding ortho intramolecular Hbond substituents is 3. The van der Waals surface area contributed by atoms with Crippen molar-refractivity contribution in [2.24, 2.45) is 0 Å². The van der Waals surface area contributed by atoms with Crippen molar-refractivity contribution in [3.05, 3.63) is 99.7 Å². The quantitative estimate of drug-likeness (QED) is 0.0853. The van der Waals surface area contributed by atoms with E-state index in [0.717, 1.165) is 23.3 Å². The number of nitrogens with one attached hydrogen (secondary N) is 2. The lowest BCUT2D eigenvalue weighted by Crippen LogP contribution is -2.71. The molecule has 0 bridgehead atoms. The van der Waals surface area contributed by atoms with Gasteiger partial charge in [0, 0.05) is 23.8 Å². The van der Waals surface area contributed by atoms with Crippen LogP contribution >= 0.6 is 23.5 Å². The van der Waals surface area contributed by atoms with E-state index in [-0.39, 0.29) is 39.5 Å². The van der Waals surface area contributed by atoms with Gasteiger partial charge in [0.15, 0.2) is 11.5 Å². The van der Waals surface area contributed by atoms with Crippen LogP contribution in [0.1, 0.15) is 22.0 Å². The van der Waals surface area contributed by atoms with Crippen LogP contribution in [0, 0.1) is 0 Å². The van der Waals surface area contributed by atoms with Crippen molar-refractivity contribution in [1.29, 1.82) is 0 Å². The first-order valence-corrected chi connectivity index (χ1v) is 15.9. The number of rotatable bonds is 9. The Labute approximate surface area is 273 Å². The highest BCUT2D eigenvalue weighted by Crippen LogP contribution is 2.41. The summed E-state index contributed by atoms with van der Waals surface area (Å²) in [4.78, 5) is 71.0. The average molecular weight is 677 g/mol. The molecule has 4 aromatic rings. The maximum atomic E-state index is 13.7. The lowest BCUT2D eigenvalue weighted by atomic mass is 10.0. The van der Waals surface area contributed by atoms with Crippen LogP contribution in [0.2, 0.25) is 0 Å². The summed E-state index contributed by atoms with van der Waals surface area (Å²) in [7, 11) is 0. The third kappa shape index (κ3) is 6.07. The number of amides is 3. The summed E-state index contributed by atoms with van der Waals surface area (Å²) in [5.41, 5.74) is -0.891. The molecule has 47 heavy (non-hydrogen) atoms. The number of aromatic hydroxyl groups is 3. The molecule has 2 aromatic carbocycles. The fourth-order valence-electron chi connectivity index (χ4n) is 5.11. The molecule has 6 N–H and O–H groups in total. The number of carboxylic acids is 1. The second-order valence-corrected chi connectivity index (χ2v) is 12.5. The van der Waals surface area contributed by atoms with Crippen molar-refractivity contribution in [2.75, 3.05) is 11.5 Å². The van der Waals surface area contributed by atoms with Crippen molar-refractivity contribution in [3.63, 3.8) is 0 Å². The number of phenols is 3. The first-order chi connectivity index (χ1) is 22.5. The van der Waals surface area contributed by atoms with E-state index in [0.29, 0.717) is 10.6 Å². The van der Waals surface area contributed by atoms with Gasteiger partial charge in [-0.2, -0.15) is 0 Å². The van der Waals surface area contributed by atoms with Gasteiger partial charge in [0.2, 0.25) is 11.3 Å². The Morgan fingerprint density at radius 2 is 1.81 bits per heavy atom. The molecule has 2 aromatic heterocycles. The van der Waals surface area contributed by atoms with E-state index in [1.165, 1.54) is 47.8 Å². The summed E-state index contributed by atoms with van der Waals surface area (Å²) in [6, 6.07) is 10.0. The second kappa shape index (κ2) is 12.7. The van der Waals surface area contributed by atoms with E-state index in [4.69, 9.17) is 4.42 Å². The maximum absolute atomic E-state index is 13.7. The number of pyridine rings is 1. The Hall–Kier alpha value is -5.48. The first-order valence-electron chi connectivity index (χ1n) is 13.8. The van der Waals surface area contributed by atoms with Gasteiger partial charge in [-0.25, -0.2) is 9.78 Å². The van der Waals surface area contributed by atoms with E-state index in [1.807, 2.05) is 6.07 Å². The van der Waals surface area contributed by atoms with Crippen LogP contribution in [0.5, 0.6) is 17.2 Å². The summed E-state index contributed by atoms with van der Waals surface area (Å²) in [6.07, 6.45) is 2.47. The molecule has 4 heterocycles. The monoisotopic (exact) mass is 676 g/mol. The van der Waals surface area contributed by atoms with Gasteiger partial charge in [-0.1, -0.05) is 18.2 Å². The normalized spacial score (nSPS) is 17.9. The van der Waals surface area contributed by atoms with Gasteiger partial charge >= 0.3 is 5.97 Å². The highest BCUT2D eigenvalue weighted by Gasteiger charge is 2.54. The molecule has 0 saturated carbocycles. The first kappa shape index (κ1) is 31.5. The smallest absolute Gasteiger partial charge is 0.352 e. The zero-order valence-electron chi connectivity index (χ0n) is 23.9. The van der Waals surface area contributed by atoms with E-state index in [1.54, 1.807) is 18.3 Å². The summed E-state index contributed by atoms with van der Waals surface area (Å²) in [5.74, 6) is -4.49. The van der Waals surface area contributed by atoms with Gasteiger partial charge in [-0.05, 0) is 41.5 Å². The average Bonchev–Trinajstić information content (AvgIpc) is 3.06. The minimum absolute atomic E-state index is 0.0963. The molecular formula is C31H24N4O10S2. The molecule has 14 nitrogen and oxygen atoms in total. The van der Waals surface area contributed by atoms with Gasteiger partial charge < -0.3 is 35.5 Å². The Morgan fingerprint density at radius 3 is 2.51 bits per heavy atom. The topological polar surface area (TPSA) is 220 Å². The number of benzene rings is 2. The number of aliphatic carboxylic acids is 1. The third-order valence-electron chi connectivity index (χ3n) is 7.46. The predicted octanol–water partition coefficient (Wildman–Crippen LogP) is 2.31. The van der Waals surface area contributed by atoms with Crippen molar-refractivity contribution >= 4 is 58.2 Å². The number of fused-ring (bicyclic) bond motifs is 2. The number of hydrogen-bond acceptors (Lipinski definition) is 12. The summed E-state index contributed by atoms with van der Waals surface area (Å²) >= 11 is 2.61. The number of carbonyl (C=O) groups excluding carboxylic acids is 3. The van der Waals surface area contributed by atoms with Crippen LogP contribution in [0.4, 0.5) is 0 Å². The van der Waals surface area contributed by atoms with Gasteiger partial charge in [0.1, 0.15) is 46.3 Å². The van der Waals surface area contributed by atoms with E-state index < -0.39 is 63.6 Å². The van der Waals surface area contributed by atoms with Gasteiger partial charge in [0.05, 0.1) is 10.4 Å². The molecule has 6 rings (SSSR count). The number of nitrogens with zero attached hydrogens (tertiary/aromatic N) is 2. The Bertz CT molecular complexity index is 2020. The molecule has 0 aliphatic carbocycles. The number of hydrogen-bond donors (Lipinski definition) is 6. The van der Waals surface area contributed by atoms with Crippen LogP contribution in [0.3, 0.4) is 0 Å². The maximum Gasteiger partial charge on any atom is 0.352 e. The SMILES string of the molecule is O=C(O)C1=C(CSc2ccccn2)CS[C@H]2[C@H](NC(=O)C(NC(=O)c3coc4cc(O)c(O)cc4c3=O)c3ccc(O)cc3)C(=O)N12. The molecule has 0 radical (unpaired) electrons. The zero-order chi connectivity index (χ0) is 33.4.